The summed E-state index contributed by atoms with van der Waals surface area (Å²) in [7, 11) is 0. The highest BCUT2D eigenvalue weighted by atomic mass is 127. The van der Waals surface area contributed by atoms with E-state index in [0.29, 0.717) is 16.5 Å². The molecule has 1 aliphatic rings. The van der Waals surface area contributed by atoms with Gasteiger partial charge in [-0.3, -0.25) is 4.79 Å². The van der Waals surface area contributed by atoms with E-state index in [2.05, 4.69) is 33.2 Å². The first kappa shape index (κ1) is 13.1. The van der Waals surface area contributed by atoms with Crippen LogP contribution in [0.5, 0.6) is 0 Å². The van der Waals surface area contributed by atoms with E-state index in [9.17, 15) is 4.79 Å². The maximum Gasteiger partial charge on any atom is 0.251 e. The van der Waals surface area contributed by atoms with E-state index >= 15 is 0 Å². The highest BCUT2D eigenvalue weighted by Gasteiger charge is 2.15. The third-order valence-electron chi connectivity index (χ3n) is 2.90. The van der Waals surface area contributed by atoms with Gasteiger partial charge in [0.25, 0.3) is 5.91 Å². The van der Waals surface area contributed by atoms with Gasteiger partial charge in [-0.1, -0.05) is 11.6 Å². The van der Waals surface area contributed by atoms with Gasteiger partial charge in [-0.15, -0.1) is 0 Å². The lowest BCUT2D eigenvalue weighted by molar-refractivity contribution is 0.0948. The van der Waals surface area contributed by atoms with Gasteiger partial charge >= 0.3 is 0 Å². The fourth-order valence-corrected chi connectivity index (χ4v) is 2.38. The molecule has 5 heteroatoms. The van der Waals surface area contributed by atoms with Crippen LogP contribution in [0.25, 0.3) is 0 Å². The minimum Gasteiger partial charge on any atom is -0.352 e. The van der Waals surface area contributed by atoms with Gasteiger partial charge in [0.2, 0.25) is 0 Å². The van der Waals surface area contributed by atoms with Crippen LogP contribution in [0.3, 0.4) is 0 Å². The topological polar surface area (TPSA) is 41.1 Å². The van der Waals surface area contributed by atoms with Crippen LogP contribution in [0.4, 0.5) is 0 Å². The van der Waals surface area contributed by atoms with Crippen LogP contribution >= 0.6 is 34.2 Å². The minimum atomic E-state index is -0.0461. The van der Waals surface area contributed by atoms with Crippen molar-refractivity contribution < 1.29 is 4.79 Å². The summed E-state index contributed by atoms with van der Waals surface area (Å²) in [5.74, 6) is 0.508. The third kappa shape index (κ3) is 3.56. The second-order valence-electron chi connectivity index (χ2n) is 4.20. The Morgan fingerprint density at radius 3 is 3.06 bits per heavy atom. The van der Waals surface area contributed by atoms with Crippen molar-refractivity contribution in [2.24, 2.45) is 5.92 Å². The van der Waals surface area contributed by atoms with Crippen molar-refractivity contribution in [1.82, 2.24) is 10.6 Å². The van der Waals surface area contributed by atoms with Crippen LogP contribution in [0.2, 0.25) is 5.02 Å². The number of nitrogens with one attached hydrogen (secondary N) is 2. The number of hydrogen-bond donors (Lipinski definition) is 2. The number of amides is 1. The normalized spacial score (nSPS) is 19.3. The van der Waals surface area contributed by atoms with Crippen LogP contribution < -0.4 is 10.6 Å². The fourth-order valence-electron chi connectivity index (χ4n) is 1.87. The maximum atomic E-state index is 11.9. The molecule has 2 rings (SSSR count). The summed E-state index contributed by atoms with van der Waals surface area (Å²) in [6.45, 7) is 2.78. The molecule has 0 radical (unpaired) electrons. The van der Waals surface area contributed by atoms with Gasteiger partial charge < -0.3 is 10.6 Å². The Kier molecular flexibility index (Phi) is 4.64. The second kappa shape index (κ2) is 6.02. The number of rotatable bonds is 3. The number of carbonyl (C=O) groups is 1. The quantitative estimate of drug-likeness (QED) is 0.808. The summed E-state index contributed by atoms with van der Waals surface area (Å²) in [5, 5.41) is 6.85. The van der Waals surface area contributed by atoms with Crippen molar-refractivity contribution in [3.05, 3.63) is 32.4 Å². The lowest BCUT2D eigenvalue weighted by Crippen LogP contribution is -2.30. The van der Waals surface area contributed by atoms with Crippen molar-refractivity contribution in [2.75, 3.05) is 19.6 Å². The highest BCUT2D eigenvalue weighted by molar-refractivity contribution is 14.1. The van der Waals surface area contributed by atoms with Crippen LogP contribution in [-0.4, -0.2) is 25.5 Å². The van der Waals surface area contributed by atoms with Crippen LogP contribution in [0, 0.1) is 9.49 Å². The van der Waals surface area contributed by atoms with Crippen LogP contribution in [-0.2, 0) is 0 Å². The molecular weight excluding hydrogens is 351 g/mol. The summed E-state index contributed by atoms with van der Waals surface area (Å²) in [6.07, 6.45) is 1.13. The first-order valence-corrected chi connectivity index (χ1v) is 7.06. The molecule has 1 fully saturated rings. The Morgan fingerprint density at radius 1 is 1.59 bits per heavy atom. The molecule has 1 aromatic rings. The summed E-state index contributed by atoms with van der Waals surface area (Å²) in [5.41, 5.74) is 0.626. The molecule has 0 spiro atoms. The Morgan fingerprint density at radius 2 is 2.41 bits per heavy atom. The lowest BCUT2D eigenvalue weighted by Gasteiger charge is -2.10. The molecule has 3 nitrogen and oxygen atoms in total. The molecule has 92 valence electrons. The van der Waals surface area contributed by atoms with Crippen molar-refractivity contribution in [3.8, 4) is 0 Å². The smallest absolute Gasteiger partial charge is 0.251 e. The molecule has 1 saturated heterocycles. The number of hydrogen-bond acceptors (Lipinski definition) is 2. The molecule has 0 aliphatic carbocycles. The van der Waals surface area contributed by atoms with E-state index in [1.165, 1.54) is 0 Å². The molecule has 1 heterocycles. The molecule has 0 aromatic heterocycles. The van der Waals surface area contributed by atoms with Crippen molar-refractivity contribution >= 4 is 40.1 Å². The van der Waals surface area contributed by atoms with Gasteiger partial charge in [-0.25, -0.2) is 0 Å². The molecule has 2 N–H and O–H groups in total. The third-order valence-corrected chi connectivity index (χ3v) is 4.47. The molecular formula is C12H14ClIN2O. The molecule has 0 saturated carbocycles. The van der Waals surface area contributed by atoms with E-state index in [4.69, 9.17) is 11.6 Å². The molecule has 1 unspecified atom stereocenters. The predicted octanol–water partition coefficient (Wildman–Crippen LogP) is 2.28. The zero-order valence-corrected chi connectivity index (χ0v) is 12.2. The first-order valence-electron chi connectivity index (χ1n) is 5.61. The van der Waals surface area contributed by atoms with E-state index < -0.39 is 0 Å². The van der Waals surface area contributed by atoms with Gasteiger partial charge in [0.05, 0.1) is 5.02 Å². The molecule has 1 aliphatic heterocycles. The van der Waals surface area contributed by atoms with Gasteiger partial charge in [0, 0.05) is 15.7 Å². The van der Waals surface area contributed by atoms with E-state index in [1.54, 1.807) is 12.1 Å². The van der Waals surface area contributed by atoms with E-state index in [-0.39, 0.29) is 5.91 Å². The Hall–Kier alpha value is -0.330. The van der Waals surface area contributed by atoms with Crippen LogP contribution in [0.1, 0.15) is 16.8 Å². The van der Waals surface area contributed by atoms with E-state index in [1.807, 2.05) is 6.07 Å². The van der Waals surface area contributed by atoms with Gasteiger partial charge in [-0.05, 0) is 66.2 Å². The SMILES string of the molecule is O=C(NCC1CCNC1)c1ccc(I)c(Cl)c1. The van der Waals surface area contributed by atoms with Gasteiger partial charge in [-0.2, -0.15) is 0 Å². The Balaban J connectivity index is 1.92. The largest absolute Gasteiger partial charge is 0.352 e. The summed E-state index contributed by atoms with van der Waals surface area (Å²) in [6, 6.07) is 5.37. The molecule has 1 amide bonds. The van der Waals surface area contributed by atoms with E-state index in [0.717, 1.165) is 29.6 Å². The van der Waals surface area contributed by atoms with Crippen LogP contribution in [0.15, 0.2) is 18.2 Å². The predicted molar refractivity (Wildman–Crippen MR) is 77.5 cm³/mol. The Bertz CT molecular complexity index is 419. The minimum absolute atomic E-state index is 0.0461. The standard InChI is InChI=1S/C12H14ClIN2O/c13-10-5-9(1-2-11(10)14)12(17)16-7-8-3-4-15-6-8/h1-2,5,8,15H,3-4,6-7H2,(H,16,17). The van der Waals surface area contributed by atoms with Crippen molar-refractivity contribution in [3.63, 3.8) is 0 Å². The number of carbonyl (C=O) groups excluding carboxylic acids is 1. The summed E-state index contributed by atoms with van der Waals surface area (Å²) < 4.78 is 0.959. The maximum absolute atomic E-state index is 11.9. The Labute approximate surface area is 119 Å². The monoisotopic (exact) mass is 364 g/mol. The molecule has 1 atom stereocenters. The average molecular weight is 365 g/mol. The number of halogens is 2. The fraction of sp³-hybridized carbons (Fsp3) is 0.417. The molecule has 17 heavy (non-hydrogen) atoms. The van der Waals surface area contributed by atoms with Gasteiger partial charge in [0.1, 0.15) is 0 Å². The average Bonchev–Trinajstić information content (AvgIpc) is 2.82. The second-order valence-corrected chi connectivity index (χ2v) is 5.77. The first-order chi connectivity index (χ1) is 8.16. The van der Waals surface area contributed by atoms with Crippen molar-refractivity contribution in [2.45, 2.75) is 6.42 Å². The zero-order valence-electron chi connectivity index (χ0n) is 9.30. The summed E-state index contributed by atoms with van der Waals surface area (Å²) >= 11 is 8.13. The molecule has 0 bridgehead atoms. The van der Waals surface area contributed by atoms with Gasteiger partial charge in [0.15, 0.2) is 0 Å². The summed E-state index contributed by atoms with van der Waals surface area (Å²) in [4.78, 5) is 11.9. The lowest BCUT2D eigenvalue weighted by atomic mass is 10.1. The number of benzene rings is 1. The van der Waals surface area contributed by atoms with Crippen molar-refractivity contribution in [1.29, 1.82) is 0 Å². The highest BCUT2D eigenvalue weighted by Crippen LogP contribution is 2.19. The zero-order chi connectivity index (χ0) is 12.3. The molecule has 1 aromatic carbocycles.